The van der Waals surface area contributed by atoms with Gasteiger partial charge in [-0.15, -0.1) is 0 Å². The third kappa shape index (κ3) is 5.13. The van der Waals surface area contributed by atoms with Crippen LogP contribution in [0.3, 0.4) is 0 Å². The fraction of sp³-hybridized carbons (Fsp3) is 0.467. The predicted octanol–water partition coefficient (Wildman–Crippen LogP) is 1.62. The minimum atomic E-state index is -0.943. The Morgan fingerprint density at radius 3 is 2.19 bits per heavy atom. The average Bonchev–Trinajstić information content (AvgIpc) is 2.58. The number of methoxy groups -OCH3 is 1. The average molecular weight is 368 g/mol. The lowest BCUT2D eigenvalue weighted by Gasteiger charge is -2.22. The van der Waals surface area contributed by atoms with Crippen molar-refractivity contribution < 1.29 is 24.2 Å². The Bertz CT molecular complexity index is 720. The molecule has 26 heavy (non-hydrogen) atoms. The molecule has 1 aromatic carbocycles. The van der Waals surface area contributed by atoms with Gasteiger partial charge in [-0.2, -0.15) is 0 Å². The van der Waals surface area contributed by atoms with Gasteiger partial charge in [-0.3, -0.25) is 25.0 Å². The van der Waals surface area contributed by atoms with Crippen molar-refractivity contribution in [3.05, 3.63) is 38.4 Å². The molecule has 0 aliphatic carbocycles. The summed E-state index contributed by atoms with van der Waals surface area (Å²) in [6.07, 6.45) is 0. The van der Waals surface area contributed by atoms with Crippen molar-refractivity contribution in [2.75, 3.05) is 12.4 Å². The van der Waals surface area contributed by atoms with E-state index in [1.54, 1.807) is 13.8 Å². The summed E-state index contributed by atoms with van der Waals surface area (Å²) in [6.45, 7) is 4.89. The number of benzene rings is 1. The first-order valence-corrected chi connectivity index (χ1v) is 7.66. The lowest BCUT2D eigenvalue weighted by Crippen LogP contribution is -2.49. The largest absolute Gasteiger partial charge is 0.467 e. The first-order valence-electron chi connectivity index (χ1n) is 7.66. The van der Waals surface area contributed by atoms with Crippen molar-refractivity contribution >= 4 is 28.9 Å². The van der Waals surface area contributed by atoms with Crippen molar-refractivity contribution in [3.8, 4) is 0 Å². The summed E-state index contributed by atoms with van der Waals surface area (Å²) in [7, 11) is 1.20. The van der Waals surface area contributed by atoms with E-state index in [2.05, 4.69) is 15.4 Å². The Morgan fingerprint density at radius 1 is 1.12 bits per heavy atom. The van der Waals surface area contributed by atoms with E-state index in [4.69, 9.17) is 0 Å². The molecule has 0 saturated carbocycles. The van der Waals surface area contributed by atoms with Crippen LogP contribution in [0, 0.1) is 26.1 Å². The summed E-state index contributed by atoms with van der Waals surface area (Å²) in [5.74, 6) is -1.42. The quantitative estimate of drug-likeness (QED) is 0.398. The van der Waals surface area contributed by atoms with Crippen molar-refractivity contribution in [2.24, 2.45) is 5.92 Å². The van der Waals surface area contributed by atoms with Crippen molar-refractivity contribution in [1.29, 1.82) is 0 Å². The Morgan fingerprint density at radius 2 is 1.73 bits per heavy atom. The molecule has 0 bridgehead atoms. The monoisotopic (exact) mass is 368 g/mol. The highest BCUT2D eigenvalue weighted by Gasteiger charge is 2.28. The second-order valence-corrected chi connectivity index (χ2v) is 5.84. The Hall–Kier alpha value is -3.24. The van der Waals surface area contributed by atoms with Crippen molar-refractivity contribution in [3.63, 3.8) is 0 Å². The summed E-state index contributed by atoms with van der Waals surface area (Å²) in [5.41, 5.74) is -1.03. The number of nitro groups is 2. The molecule has 0 fully saturated rings. The maximum Gasteiger partial charge on any atom is 0.328 e. The second kappa shape index (κ2) is 8.74. The molecule has 0 aromatic heterocycles. The maximum absolute atomic E-state index is 12.3. The number of nitro benzene ring substituents is 2. The van der Waals surface area contributed by atoms with E-state index in [-0.39, 0.29) is 11.6 Å². The number of hydrogen-bond donors (Lipinski definition) is 2. The first kappa shape index (κ1) is 20.8. The zero-order chi connectivity index (χ0) is 20.0. The topological polar surface area (TPSA) is 154 Å². The molecular weight excluding hydrogens is 348 g/mol. The first-order chi connectivity index (χ1) is 12.1. The summed E-state index contributed by atoms with van der Waals surface area (Å²) in [6, 6.07) is 1.23. The molecule has 0 radical (unpaired) electrons. The predicted molar refractivity (Wildman–Crippen MR) is 91.6 cm³/mol. The number of carbonyl (C=O) groups is 2. The maximum atomic E-state index is 12.3. The number of ether oxygens (including phenoxy) is 1. The number of hydrogen-bond acceptors (Lipinski definition) is 8. The van der Waals surface area contributed by atoms with Crippen LogP contribution in [0.2, 0.25) is 0 Å². The van der Waals surface area contributed by atoms with Crippen LogP contribution in [0.15, 0.2) is 18.2 Å². The fourth-order valence-electron chi connectivity index (χ4n) is 2.11. The van der Waals surface area contributed by atoms with Gasteiger partial charge in [0.1, 0.15) is 17.8 Å². The van der Waals surface area contributed by atoms with Crippen molar-refractivity contribution in [1.82, 2.24) is 5.32 Å². The third-order valence-corrected chi connectivity index (χ3v) is 3.57. The zero-order valence-electron chi connectivity index (χ0n) is 14.7. The van der Waals surface area contributed by atoms with E-state index in [0.717, 1.165) is 18.2 Å². The lowest BCUT2D eigenvalue weighted by molar-refractivity contribution is -0.393. The molecule has 0 aliphatic heterocycles. The smallest absolute Gasteiger partial charge is 0.328 e. The molecular formula is C15H20N4O7. The number of nitrogens with one attached hydrogen (secondary N) is 2. The van der Waals surface area contributed by atoms with Gasteiger partial charge in [-0.05, 0) is 18.9 Å². The molecule has 142 valence electrons. The lowest BCUT2D eigenvalue weighted by atomic mass is 10.0. The zero-order valence-corrected chi connectivity index (χ0v) is 14.7. The summed E-state index contributed by atoms with van der Waals surface area (Å²) in [5, 5.41) is 27.0. The number of carbonyl (C=O) groups excluding carboxylic acids is 2. The molecule has 11 nitrogen and oxygen atoms in total. The van der Waals surface area contributed by atoms with Gasteiger partial charge in [0, 0.05) is 6.07 Å². The minimum absolute atomic E-state index is 0.0533. The molecule has 0 aliphatic rings. The van der Waals surface area contributed by atoms with Crippen molar-refractivity contribution in [2.45, 2.75) is 32.9 Å². The summed E-state index contributed by atoms with van der Waals surface area (Å²) >= 11 is 0. The Kier molecular flexibility index (Phi) is 6.99. The summed E-state index contributed by atoms with van der Waals surface area (Å²) < 4.78 is 4.63. The standard InChI is InChI=1S/C15H20N4O7/c1-8(2)13(15(21)26-4)17-14(20)9(3)16-11-6-5-10(18(22)23)7-12(11)19(24)25/h5-9,13,16H,1-4H3,(H,17,20). The highest BCUT2D eigenvalue weighted by atomic mass is 16.6. The molecule has 11 heteroatoms. The van der Waals surface area contributed by atoms with Gasteiger partial charge in [0.25, 0.3) is 11.4 Å². The van der Waals surface area contributed by atoms with Crippen LogP contribution < -0.4 is 10.6 Å². The number of non-ortho nitro benzene ring substituents is 1. The van der Waals surface area contributed by atoms with Gasteiger partial charge in [-0.1, -0.05) is 13.8 Å². The van der Waals surface area contributed by atoms with E-state index < -0.39 is 45.2 Å². The van der Waals surface area contributed by atoms with Crippen LogP contribution in [0.4, 0.5) is 17.1 Å². The SMILES string of the molecule is COC(=O)C(NC(=O)C(C)Nc1ccc([N+](=O)[O-])cc1[N+](=O)[O-])C(C)C. The van der Waals surface area contributed by atoms with Gasteiger partial charge in [-0.25, -0.2) is 4.79 Å². The van der Waals surface area contributed by atoms with Gasteiger partial charge in [0.15, 0.2) is 0 Å². The molecule has 0 spiro atoms. The fourth-order valence-corrected chi connectivity index (χ4v) is 2.11. The number of esters is 1. The van der Waals surface area contributed by atoms with Crippen LogP contribution in [0.25, 0.3) is 0 Å². The molecule has 1 aromatic rings. The second-order valence-electron chi connectivity index (χ2n) is 5.84. The van der Waals surface area contributed by atoms with Crippen LogP contribution in [-0.4, -0.2) is 40.9 Å². The molecule has 1 amide bonds. The molecule has 1 rings (SSSR count). The van der Waals surface area contributed by atoms with E-state index in [9.17, 15) is 29.8 Å². The molecule has 0 saturated heterocycles. The molecule has 2 atom stereocenters. The number of amides is 1. The van der Waals surface area contributed by atoms with Crippen LogP contribution >= 0.6 is 0 Å². The van der Waals surface area contributed by atoms with Gasteiger partial charge < -0.3 is 15.4 Å². The van der Waals surface area contributed by atoms with E-state index in [1.165, 1.54) is 14.0 Å². The normalized spacial score (nSPS) is 12.8. The Balaban J connectivity index is 2.97. The van der Waals surface area contributed by atoms with E-state index in [0.29, 0.717) is 0 Å². The number of rotatable bonds is 8. The van der Waals surface area contributed by atoms with Gasteiger partial charge in [0.05, 0.1) is 23.0 Å². The molecule has 2 unspecified atom stereocenters. The Labute approximate surface area is 149 Å². The van der Waals surface area contributed by atoms with E-state index in [1.807, 2.05) is 0 Å². The van der Waals surface area contributed by atoms with Gasteiger partial charge in [0.2, 0.25) is 5.91 Å². The van der Waals surface area contributed by atoms with E-state index >= 15 is 0 Å². The van der Waals surface area contributed by atoms with Crippen LogP contribution in [0.5, 0.6) is 0 Å². The summed E-state index contributed by atoms with van der Waals surface area (Å²) in [4.78, 5) is 44.3. The number of anilines is 1. The highest BCUT2D eigenvalue weighted by molar-refractivity contribution is 5.89. The molecule has 0 heterocycles. The minimum Gasteiger partial charge on any atom is -0.467 e. The number of nitrogens with zero attached hydrogens (tertiary/aromatic N) is 2. The van der Waals surface area contributed by atoms with Gasteiger partial charge >= 0.3 is 5.97 Å². The third-order valence-electron chi connectivity index (χ3n) is 3.57. The van der Waals surface area contributed by atoms with Crippen LogP contribution in [0.1, 0.15) is 20.8 Å². The van der Waals surface area contributed by atoms with Crippen LogP contribution in [-0.2, 0) is 14.3 Å². The molecule has 2 N–H and O–H groups in total. The highest BCUT2D eigenvalue weighted by Crippen LogP contribution is 2.29.